The highest BCUT2D eigenvalue weighted by atomic mass is 32.1. The lowest BCUT2D eigenvalue weighted by atomic mass is 10.2. The van der Waals surface area contributed by atoms with Crippen LogP contribution >= 0.6 is 11.3 Å². The Morgan fingerprint density at radius 2 is 2.04 bits per heavy atom. The summed E-state index contributed by atoms with van der Waals surface area (Å²) in [5.41, 5.74) is 1.07. The maximum atomic E-state index is 5.44. The molecule has 2 aromatic heterocycles. The van der Waals surface area contributed by atoms with Gasteiger partial charge < -0.3 is 14.0 Å². The Kier molecular flexibility index (Phi) is 5.12. The predicted octanol–water partition coefficient (Wildman–Crippen LogP) is 3.45. The lowest BCUT2D eigenvalue weighted by Gasteiger charge is -2.17. The first-order chi connectivity index (χ1) is 11.7. The van der Waals surface area contributed by atoms with Crippen LogP contribution in [0, 0.1) is 0 Å². The Labute approximate surface area is 144 Å². The van der Waals surface area contributed by atoms with Gasteiger partial charge in [0.1, 0.15) is 11.5 Å². The summed E-state index contributed by atoms with van der Waals surface area (Å²) in [5, 5.41) is 6.03. The minimum atomic E-state index is 0.563. The van der Waals surface area contributed by atoms with E-state index < -0.39 is 0 Å². The molecule has 7 heteroatoms. The van der Waals surface area contributed by atoms with Crippen LogP contribution in [0.3, 0.4) is 0 Å². The number of ether oxygens (including phenoxy) is 2. The number of hydrogen-bond donors (Lipinski definition) is 0. The molecule has 0 aliphatic rings. The van der Waals surface area contributed by atoms with E-state index in [9.17, 15) is 0 Å². The fraction of sp³-hybridized carbons (Fsp3) is 0.294. The number of thiophene rings is 1. The van der Waals surface area contributed by atoms with Crippen molar-refractivity contribution in [3.63, 3.8) is 0 Å². The third-order valence-corrected chi connectivity index (χ3v) is 4.42. The van der Waals surface area contributed by atoms with E-state index in [-0.39, 0.29) is 0 Å². The zero-order valence-corrected chi connectivity index (χ0v) is 14.7. The Hall–Kier alpha value is -2.38. The maximum absolute atomic E-state index is 5.44. The van der Waals surface area contributed by atoms with Gasteiger partial charge in [0.05, 0.1) is 25.6 Å². The van der Waals surface area contributed by atoms with E-state index in [0.717, 1.165) is 21.9 Å². The summed E-state index contributed by atoms with van der Waals surface area (Å²) in [6.07, 6.45) is 0. The molecule has 0 bridgehead atoms. The second kappa shape index (κ2) is 7.46. The summed E-state index contributed by atoms with van der Waals surface area (Å²) in [5.74, 6) is 2.80. The number of rotatable bonds is 7. The van der Waals surface area contributed by atoms with Gasteiger partial charge in [-0.1, -0.05) is 17.3 Å². The molecule has 1 aromatic carbocycles. The Bertz CT molecular complexity index is 786. The third-order valence-electron chi connectivity index (χ3n) is 3.55. The van der Waals surface area contributed by atoms with Crippen molar-refractivity contribution in [1.29, 1.82) is 0 Å². The molecule has 126 valence electrons. The van der Waals surface area contributed by atoms with Gasteiger partial charge >= 0.3 is 0 Å². The molecule has 0 unspecified atom stereocenters. The first-order valence-corrected chi connectivity index (χ1v) is 8.33. The van der Waals surface area contributed by atoms with Gasteiger partial charge in [-0.25, -0.2) is 0 Å². The van der Waals surface area contributed by atoms with E-state index in [4.69, 9.17) is 14.0 Å². The van der Waals surface area contributed by atoms with Gasteiger partial charge in [0.2, 0.25) is 11.7 Å². The monoisotopic (exact) mass is 345 g/mol. The van der Waals surface area contributed by atoms with Crippen LogP contribution in [0.1, 0.15) is 11.5 Å². The smallest absolute Gasteiger partial charge is 0.241 e. The van der Waals surface area contributed by atoms with E-state index in [2.05, 4.69) is 15.0 Å². The lowest BCUT2D eigenvalue weighted by Crippen LogP contribution is -2.18. The zero-order valence-electron chi connectivity index (χ0n) is 13.9. The van der Waals surface area contributed by atoms with Gasteiger partial charge in [-0.05, 0) is 24.6 Å². The van der Waals surface area contributed by atoms with E-state index in [1.165, 1.54) is 0 Å². The standard InChI is InChI=1S/C17H19N3O3S/c1-20(10-12-6-7-13(21-2)9-14(12)22-3)11-16-18-17(19-23-16)15-5-4-8-24-15/h4-9H,10-11H2,1-3H3. The van der Waals surface area contributed by atoms with Crippen molar-refractivity contribution in [3.8, 4) is 22.2 Å². The summed E-state index contributed by atoms with van der Waals surface area (Å²) in [6, 6.07) is 9.75. The molecule has 0 radical (unpaired) electrons. The first kappa shape index (κ1) is 16.5. The molecule has 0 fully saturated rings. The van der Waals surface area contributed by atoms with E-state index in [0.29, 0.717) is 24.8 Å². The van der Waals surface area contributed by atoms with Gasteiger partial charge in [-0.2, -0.15) is 4.98 Å². The molecule has 0 aliphatic carbocycles. The molecular weight excluding hydrogens is 326 g/mol. The van der Waals surface area contributed by atoms with Crippen molar-refractivity contribution in [1.82, 2.24) is 15.0 Å². The Morgan fingerprint density at radius 3 is 2.75 bits per heavy atom. The molecule has 24 heavy (non-hydrogen) atoms. The van der Waals surface area contributed by atoms with Crippen LogP contribution in [0.2, 0.25) is 0 Å². The highest BCUT2D eigenvalue weighted by Gasteiger charge is 2.13. The third kappa shape index (κ3) is 3.74. The summed E-state index contributed by atoms with van der Waals surface area (Å²) < 4.78 is 16.0. The minimum absolute atomic E-state index is 0.563. The quantitative estimate of drug-likeness (QED) is 0.654. The number of nitrogens with zero attached hydrogens (tertiary/aromatic N) is 3. The Morgan fingerprint density at radius 1 is 1.17 bits per heavy atom. The summed E-state index contributed by atoms with van der Waals surface area (Å²) in [7, 11) is 5.30. The van der Waals surface area contributed by atoms with Crippen LogP contribution in [0.4, 0.5) is 0 Å². The normalized spacial score (nSPS) is 11.0. The van der Waals surface area contributed by atoms with Crippen LogP contribution in [0.15, 0.2) is 40.2 Å². The fourth-order valence-corrected chi connectivity index (χ4v) is 3.03. The van der Waals surface area contributed by atoms with Gasteiger partial charge in [0, 0.05) is 18.2 Å². The number of hydrogen-bond acceptors (Lipinski definition) is 7. The van der Waals surface area contributed by atoms with Crippen LogP contribution in [0.25, 0.3) is 10.7 Å². The van der Waals surface area contributed by atoms with Gasteiger partial charge in [0.25, 0.3) is 0 Å². The number of methoxy groups -OCH3 is 2. The van der Waals surface area contributed by atoms with Crippen LogP contribution in [-0.2, 0) is 13.1 Å². The zero-order chi connectivity index (χ0) is 16.9. The van der Waals surface area contributed by atoms with Crippen molar-refractivity contribution in [3.05, 3.63) is 47.2 Å². The summed E-state index contributed by atoms with van der Waals surface area (Å²) in [6.45, 7) is 1.26. The minimum Gasteiger partial charge on any atom is -0.497 e. The van der Waals surface area contributed by atoms with E-state index in [1.807, 2.05) is 42.8 Å². The highest BCUT2D eigenvalue weighted by Crippen LogP contribution is 2.26. The molecule has 3 aromatic rings. The predicted molar refractivity (Wildman–Crippen MR) is 92.3 cm³/mol. The molecule has 0 saturated heterocycles. The molecular formula is C17H19N3O3S. The molecule has 0 spiro atoms. The molecule has 0 atom stereocenters. The van der Waals surface area contributed by atoms with Crippen LogP contribution < -0.4 is 9.47 Å². The Balaban J connectivity index is 1.66. The SMILES string of the molecule is COc1ccc(CN(C)Cc2nc(-c3cccs3)no2)c(OC)c1. The van der Waals surface area contributed by atoms with Gasteiger partial charge in [-0.15, -0.1) is 11.3 Å². The molecule has 6 nitrogen and oxygen atoms in total. The fourth-order valence-electron chi connectivity index (χ4n) is 2.39. The second-order valence-corrected chi connectivity index (χ2v) is 6.29. The average molecular weight is 345 g/mol. The van der Waals surface area contributed by atoms with Crippen molar-refractivity contribution in [2.45, 2.75) is 13.1 Å². The van der Waals surface area contributed by atoms with Gasteiger partial charge in [0.15, 0.2) is 0 Å². The molecule has 0 saturated carbocycles. The van der Waals surface area contributed by atoms with Crippen molar-refractivity contribution in [2.24, 2.45) is 0 Å². The van der Waals surface area contributed by atoms with Crippen molar-refractivity contribution >= 4 is 11.3 Å². The lowest BCUT2D eigenvalue weighted by molar-refractivity contribution is 0.257. The largest absolute Gasteiger partial charge is 0.497 e. The number of benzene rings is 1. The highest BCUT2D eigenvalue weighted by molar-refractivity contribution is 7.13. The topological polar surface area (TPSA) is 60.6 Å². The van der Waals surface area contributed by atoms with E-state index in [1.54, 1.807) is 25.6 Å². The van der Waals surface area contributed by atoms with Gasteiger partial charge in [-0.3, -0.25) is 4.90 Å². The molecule has 0 N–H and O–H groups in total. The second-order valence-electron chi connectivity index (χ2n) is 5.34. The van der Waals surface area contributed by atoms with Crippen LogP contribution in [0.5, 0.6) is 11.5 Å². The van der Waals surface area contributed by atoms with Crippen molar-refractivity contribution in [2.75, 3.05) is 21.3 Å². The molecule has 2 heterocycles. The summed E-state index contributed by atoms with van der Waals surface area (Å²) >= 11 is 1.59. The van der Waals surface area contributed by atoms with Crippen molar-refractivity contribution < 1.29 is 14.0 Å². The molecule has 3 rings (SSSR count). The maximum Gasteiger partial charge on any atom is 0.241 e. The van der Waals surface area contributed by atoms with E-state index >= 15 is 0 Å². The van der Waals surface area contributed by atoms with Crippen LogP contribution in [-0.4, -0.2) is 36.3 Å². The molecule has 0 amide bonds. The summed E-state index contributed by atoms with van der Waals surface area (Å²) in [4.78, 5) is 7.54. The first-order valence-electron chi connectivity index (χ1n) is 7.45. The average Bonchev–Trinajstić information content (AvgIpc) is 3.26. The number of aromatic nitrogens is 2. The molecule has 0 aliphatic heterocycles.